The smallest absolute Gasteiger partial charge is 0.146 e. The fourth-order valence-electron chi connectivity index (χ4n) is 3.36. The highest BCUT2D eigenvalue weighted by molar-refractivity contribution is 6.31. The van der Waals surface area contributed by atoms with E-state index in [-0.39, 0.29) is 5.38 Å². The van der Waals surface area contributed by atoms with E-state index >= 15 is 0 Å². The highest BCUT2D eigenvalue weighted by Crippen LogP contribution is 2.31. The van der Waals surface area contributed by atoms with Gasteiger partial charge in [0, 0.05) is 17.1 Å². The third-order valence-corrected chi connectivity index (χ3v) is 4.78. The maximum Gasteiger partial charge on any atom is 0.146 e. The standard InChI is InChI=1S/C16H21Cl2N3/c1-10-5-4-6-11(2)20(10)21-15-9-13(18)7-8-14(15)19-16(21)12(3)17/h7-12H,4-6H2,1-3H3. The predicted molar refractivity (Wildman–Crippen MR) is 90.0 cm³/mol. The van der Waals surface area contributed by atoms with Crippen LogP contribution in [0.25, 0.3) is 11.0 Å². The van der Waals surface area contributed by atoms with Gasteiger partial charge in [0.1, 0.15) is 5.82 Å². The van der Waals surface area contributed by atoms with Crippen LogP contribution in [0.15, 0.2) is 18.2 Å². The maximum atomic E-state index is 6.39. The van der Waals surface area contributed by atoms with Gasteiger partial charge in [0.05, 0.1) is 16.4 Å². The zero-order valence-corrected chi connectivity index (χ0v) is 14.2. The van der Waals surface area contributed by atoms with Crippen molar-refractivity contribution in [3.63, 3.8) is 0 Å². The number of alkyl halides is 1. The SMILES string of the molecule is CC(Cl)c1nc2ccc(Cl)cc2n1N1C(C)CCCC1C. The van der Waals surface area contributed by atoms with Crippen LogP contribution in [-0.2, 0) is 0 Å². The highest BCUT2D eigenvalue weighted by atomic mass is 35.5. The van der Waals surface area contributed by atoms with Gasteiger partial charge < -0.3 is 5.01 Å². The Kier molecular flexibility index (Phi) is 4.06. The fourth-order valence-corrected chi connectivity index (χ4v) is 3.66. The van der Waals surface area contributed by atoms with Gasteiger partial charge in [-0.25, -0.2) is 9.66 Å². The molecule has 2 aromatic rings. The van der Waals surface area contributed by atoms with Gasteiger partial charge in [-0.2, -0.15) is 0 Å². The Morgan fingerprint density at radius 3 is 2.52 bits per heavy atom. The van der Waals surface area contributed by atoms with Crippen molar-refractivity contribution in [3.05, 3.63) is 29.0 Å². The van der Waals surface area contributed by atoms with Gasteiger partial charge in [0.15, 0.2) is 0 Å². The molecule has 0 N–H and O–H groups in total. The summed E-state index contributed by atoms with van der Waals surface area (Å²) in [5.41, 5.74) is 2.00. The molecule has 0 aliphatic carbocycles. The lowest BCUT2D eigenvalue weighted by atomic mass is 10.00. The summed E-state index contributed by atoms with van der Waals surface area (Å²) in [6.07, 6.45) is 3.67. The molecule has 1 aromatic heterocycles. The quantitative estimate of drug-likeness (QED) is 0.733. The first-order valence-corrected chi connectivity index (χ1v) is 8.41. The Hall–Kier alpha value is -0.930. The molecule has 1 aromatic carbocycles. The molecule has 3 rings (SSSR count). The predicted octanol–water partition coefficient (Wildman–Crippen LogP) is 4.89. The Morgan fingerprint density at radius 2 is 1.90 bits per heavy atom. The van der Waals surface area contributed by atoms with Gasteiger partial charge >= 0.3 is 0 Å². The molecule has 0 spiro atoms. The average molecular weight is 326 g/mol. The number of imidazole rings is 1. The number of aromatic nitrogens is 2. The number of halogens is 2. The summed E-state index contributed by atoms with van der Waals surface area (Å²) >= 11 is 12.6. The molecule has 0 saturated carbocycles. The Bertz CT molecular complexity index is 640. The fraction of sp³-hybridized carbons (Fsp3) is 0.562. The zero-order chi connectivity index (χ0) is 15.1. The molecule has 3 nitrogen and oxygen atoms in total. The molecule has 1 aliphatic rings. The van der Waals surface area contributed by atoms with Crippen LogP contribution in [0.3, 0.4) is 0 Å². The number of nitrogens with zero attached hydrogens (tertiary/aromatic N) is 3. The van der Waals surface area contributed by atoms with Crippen LogP contribution >= 0.6 is 23.2 Å². The number of hydrogen-bond acceptors (Lipinski definition) is 2. The van der Waals surface area contributed by atoms with E-state index in [9.17, 15) is 0 Å². The van der Waals surface area contributed by atoms with E-state index in [4.69, 9.17) is 28.2 Å². The lowest BCUT2D eigenvalue weighted by Gasteiger charge is -2.42. The van der Waals surface area contributed by atoms with Gasteiger partial charge in [0.2, 0.25) is 0 Å². The minimum absolute atomic E-state index is 0.141. The molecule has 21 heavy (non-hydrogen) atoms. The van der Waals surface area contributed by atoms with E-state index < -0.39 is 0 Å². The summed E-state index contributed by atoms with van der Waals surface area (Å²) in [6, 6.07) is 6.78. The van der Waals surface area contributed by atoms with Crippen molar-refractivity contribution in [2.24, 2.45) is 0 Å². The van der Waals surface area contributed by atoms with Crippen molar-refractivity contribution in [1.29, 1.82) is 0 Å². The van der Waals surface area contributed by atoms with Crippen LogP contribution in [0.5, 0.6) is 0 Å². The first-order valence-electron chi connectivity index (χ1n) is 7.59. The molecule has 5 heteroatoms. The van der Waals surface area contributed by atoms with E-state index in [0.29, 0.717) is 12.1 Å². The summed E-state index contributed by atoms with van der Waals surface area (Å²) < 4.78 is 2.20. The minimum atomic E-state index is -0.141. The summed E-state index contributed by atoms with van der Waals surface area (Å²) in [4.78, 5) is 4.73. The molecule has 0 amide bonds. The van der Waals surface area contributed by atoms with E-state index in [1.165, 1.54) is 19.3 Å². The Labute approximate surface area is 135 Å². The van der Waals surface area contributed by atoms with Crippen molar-refractivity contribution >= 4 is 34.2 Å². The first kappa shape index (κ1) is 15.0. The lowest BCUT2D eigenvalue weighted by molar-refractivity contribution is 0.335. The van der Waals surface area contributed by atoms with Gasteiger partial charge in [-0.05, 0) is 58.2 Å². The van der Waals surface area contributed by atoms with E-state index in [2.05, 4.69) is 23.5 Å². The summed E-state index contributed by atoms with van der Waals surface area (Å²) in [5.74, 6) is 0.898. The average Bonchev–Trinajstić information content (AvgIpc) is 2.78. The molecule has 0 radical (unpaired) electrons. The second kappa shape index (κ2) is 5.69. The van der Waals surface area contributed by atoms with Gasteiger partial charge in [-0.1, -0.05) is 11.6 Å². The lowest BCUT2D eigenvalue weighted by Crippen LogP contribution is -2.51. The van der Waals surface area contributed by atoms with E-state index in [0.717, 1.165) is 21.9 Å². The molecule has 3 unspecified atom stereocenters. The molecule has 1 fully saturated rings. The van der Waals surface area contributed by atoms with Gasteiger partial charge in [-0.15, -0.1) is 11.6 Å². The minimum Gasteiger partial charge on any atom is -0.305 e. The number of hydrogen-bond donors (Lipinski definition) is 0. The number of benzene rings is 1. The van der Waals surface area contributed by atoms with Crippen LogP contribution in [0.1, 0.15) is 51.2 Å². The van der Waals surface area contributed by atoms with Crippen LogP contribution in [0.4, 0.5) is 0 Å². The highest BCUT2D eigenvalue weighted by Gasteiger charge is 2.29. The molecule has 114 valence electrons. The maximum absolute atomic E-state index is 6.39. The summed E-state index contributed by atoms with van der Waals surface area (Å²) in [5, 5.41) is 3.01. The van der Waals surface area contributed by atoms with Crippen LogP contribution in [0, 0.1) is 0 Å². The second-order valence-corrected chi connectivity index (χ2v) is 7.13. The molecule has 3 atom stereocenters. The molecule has 2 heterocycles. The van der Waals surface area contributed by atoms with Crippen LogP contribution < -0.4 is 5.01 Å². The topological polar surface area (TPSA) is 21.1 Å². The Balaban J connectivity index is 2.22. The van der Waals surface area contributed by atoms with Crippen molar-refractivity contribution in [2.45, 2.75) is 57.5 Å². The van der Waals surface area contributed by atoms with Gasteiger partial charge in [-0.3, -0.25) is 0 Å². The van der Waals surface area contributed by atoms with Crippen molar-refractivity contribution < 1.29 is 0 Å². The normalized spacial score (nSPS) is 24.5. The third kappa shape index (κ3) is 2.62. The molecular formula is C16H21Cl2N3. The van der Waals surface area contributed by atoms with Crippen LogP contribution in [0.2, 0.25) is 5.02 Å². The largest absolute Gasteiger partial charge is 0.305 e. The third-order valence-electron chi connectivity index (χ3n) is 4.35. The molecule has 0 bridgehead atoms. The van der Waals surface area contributed by atoms with Crippen molar-refractivity contribution in [1.82, 2.24) is 9.66 Å². The van der Waals surface area contributed by atoms with Crippen molar-refractivity contribution in [2.75, 3.05) is 5.01 Å². The zero-order valence-electron chi connectivity index (χ0n) is 12.7. The summed E-state index contributed by atoms with van der Waals surface area (Å²) in [6.45, 7) is 6.52. The molecular weight excluding hydrogens is 305 g/mol. The van der Waals surface area contributed by atoms with Crippen molar-refractivity contribution in [3.8, 4) is 0 Å². The first-order chi connectivity index (χ1) is 9.99. The number of piperidine rings is 1. The second-order valence-electron chi connectivity index (χ2n) is 6.04. The Morgan fingerprint density at radius 1 is 1.24 bits per heavy atom. The molecule has 1 aliphatic heterocycles. The summed E-state index contributed by atoms with van der Waals surface area (Å²) in [7, 11) is 0. The van der Waals surface area contributed by atoms with Gasteiger partial charge in [0.25, 0.3) is 0 Å². The van der Waals surface area contributed by atoms with E-state index in [1.54, 1.807) is 0 Å². The molecule has 1 saturated heterocycles. The number of rotatable bonds is 2. The monoisotopic (exact) mass is 325 g/mol. The van der Waals surface area contributed by atoms with E-state index in [1.807, 2.05) is 25.1 Å². The number of fused-ring (bicyclic) bond motifs is 1. The van der Waals surface area contributed by atoms with Crippen LogP contribution in [-0.4, -0.2) is 21.7 Å².